The van der Waals surface area contributed by atoms with Gasteiger partial charge in [0.1, 0.15) is 0 Å². The van der Waals surface area contributed by atoms with Crippen LogP contribution < -0.4 is 15.8 Å². The fraction of sp³-hybridized carbons (Fsp3) is 0.600. The SMILES string of the molecule is CNCCCn1ncc(N(C)C)cc1=O. The van der Waals surface area contributed by atoms with Crippen molar-refractivity contribution in [1.29, 1.82) is 0 Å². The average Bonchev–Trinajstić information content (AvgIpc) is 2.20. The first kappa shape index (κ1) is 11.7. The fourth-order valence-electron chi connectivity index (χ4n) is 1.24. The van der Waals surface area contributed by atoms with Gasteiger partial charge in [-0.1, -0.05) is 0 Å². The van der Waals surface area contributed by atoms with E-state index in [0.29, 0.717) is 6.54 Å². The molecule has 84 valence electrons. The molecule has 0 atom stereocenters. The number of aromatic nitrogens is 2. The second kappa shape index (κ2) is 5.50. The molecule has 5 nitrogen and oxygen atoms in total. The van der Waals surface area contributed by atoms with Crippen LogP contribution in [-0.2, 0) is 6.54 Å². The standard InChI is InChI=1S/C10H18N4O/c1-11-5-4-6-14-10(15)7-9(8-12-14)13(2)3/h7-8,11H,4-6H2,1-3H3. The third-order valence-electron chi connectivity index (χ3n) is 2.17. The smallest absolute Gasteiger partial charge is 0.268 e. The molecule has 0 unspecified atom stereocenters. The molecule has 0 fully saturated rings. The largest absolute Gasteiger partial charge is 0.376 e. The molecule has 1 aromatic heterocycles. The predicted octanol–water partition coefficient (Wildman–Crippen LogP) is -0.0812. The molecule has 1 aromatic rings. The van der Waals surface area contributed by atoms with Crippen LogP contribution in [0.5, 0.6) is 0 Å². The molecule has 0 radical (unpaired) electrons. The Bertz CT molecular complexity index is 359. The minimum absolute atomic E-state index is 0.0442. The van der Waals surface area contributed by atoms with Crippen LogP contribution in [0.25, 0.3) is 0 Å². The van der Waals surface area contributed by atoms with Gasteiger partial charge in [-0.2, -0.15) is 5.10 Å². The number of aryl methyl sites for hydroxylation is 1. The fourth-order valence-corrected chi connectivity index (χ4v) is 1.24. The normalized spacial score (nSPS) is 10.3. The van der Waals surface area contributed by atoms with Crippen LogP contribution in [0.3, 0.4) is 0 Å². The van der Waals surface area contributed by atoms with Gasteiger partial charge in [0, 0.05) is 26.7 Å². The lowest BCUT2D eigenvalue weighted by atomic mass is 10.4. The molecule has 0 aliphatic heterocycles. The molecular weight excluding hydrogens is 192 g/mol. The third-order valence-corrected chi connectivity index (χ3v) is 2.17. The summed E-state index contributed by atoms with van der Waals surface area (Å²) in [7, 11) is 5.68. The van der Waals surface area contributed by atoms with E-state index in [1.54, 1.807) is 12.3 Å². The van der Waals surface area contributed by atoms with Crippen molar-refractivity contribution >= 4 is 5.69 Å². The summed E-state index contributed by atoms with van der Waals surface area (Å²) in [5, 5.41) is 7.14. The molecule has 1 heterocycles. The van der Waals surface area contributed by atoms with Crippen molar-refractivity contribution in [3.8, 4) is 0 Å². The Hall–Kier alpha value is -1.36. The molecule has 0 saturated carbocycles. The molecule has 0 amide bonds. The van der Waals surface area contributed by atoms with Gasteiger partial charge in [0.2, 0.25) is 0 Å². The van der Waals surface area contributed by atoms with Crippen LogP contribution in [0, 0.1) is 0 Å². The van der Waals surface area contributed by atoms with Gasteiger partial charge in [-0.15, -0.1) is 0 Å². The Morgan fingerprint density at radius 2 is 2.27 bits per heavy atom. The lowest BCUT2D eigenvalue weighted by Crippen LogP contribution is -2.25. The van der Waals surface area contributed by atoms with Crippen LogP contribution >= 0.6 is 0 Å². The molecule has 1 rings (SSSR count). The Morgan fingerprint density at radius 3 is 2.80 bits per heavy atom. The second-order valence-corrected chi connectivity index (χ2v) is 3.63. The lowest BCUT2D eigenvalue weighted by molar-refractivity contribution is 0.536. The zero-order valence-corrected chi connectivity index (χ0v) is 9.53. The van der Waals surface area contributed by atoms with Gasteiger partial charge in [-0.3, -0.25) is 4.79 Å². The molecule has 0 aliphatic rings. The summed E-state index contributed by atoms with van der Waals surface area (Å²) in [5.41, 5.74) is 0.794. The topological polar surface area (TPSA) is 50.2 Å². The van der Waals surface area contributed by atoms with Gasteiger partial charge < -0.3 is 10.2 Å². The molecule has 0 aliphatic carbocycles. The third kappa shape index (κ3) is 3.36. The van der Waals surface area contributed by atoms with Crippen molar-refractivity contribution in [1.82, 2.24) is 15.1 Å². The monoisotopic (exact) mass is 210 g/mol. The molecule has 15 heavy (non-hydrogen) atoms. The van der Waals surface area contributed by atoms with Gasteiger partial charge in [0.15, 0.2) is 0 Å². The van der Waals surface area contributed by atoms with E-state index in [1.165, 1.54) is 4.68 Å². The van der Waals surface area contributed by atoms with Gasteiger partial charge in [0.05, 0.1) is 11.9 Å². The van der Waals surface area contributed by atoms with E-state index >= 15 is 0 Å². The van der Waals surface area contributed by atoms with E-state index < -0.39 is 0 Å². The molecule has 0 bridgehead atoms. The minimum Gasteiger partial charge on any atom is -0.376 e. The molecule has 5 heteroatoms. The summed E-state index contributed by atoms with van der Waals surface area (Å²) >= 11 is 0. The summed E-state index contributed by atoms with van der Waals surface area (Å²) in [5.74, 6) is 0. The zero-order valence-electron chi connectivity index (χ0n) is 9.53. The van der Waals surface area contributed by atoms with E-state index in [1.807, 2.05) is 26.0 Å². The Labute approximate surface area is 89.7 Å². The van der Waals surface area contributed by atoms with Crippen LogP contribution in [0.1, 0.15) is 6.42 Å². The predicted molar refractivity (Wildman–Crippen MR) is 61.4 cm³/mol. The molecule has 0 spiro atoms. The van der Waals surface area contributed by atoms with Crippen LogP contribution in [0.15, 0.2) is 17.1 Å². The van der Waals surface area contributed by atoms with E-state index in [4.69, 9.17) is 0 Å². The van der Waals surface area contributed by atoms with Crippen molar-refractivity contribution in [3.05, 3.63) is 22.6 Å². The van der Waals surface area contributed by atoms with Gasteiger partial charge in [-0.25, -0.2) is 4.68 Å². The highest BCUT2D eigenvalue weighted by molar-refractivity contribution is 5.40. The molecular formula is C10H18N4O. The first-order valence-electron chi connectivity index (χ1n) is 5.04. The number of hydrogen-bond acceptors (Lipinski definition) is 4. The number of rotatable bonds is 5. The van der Waals surface area contributed by atoms with Crippen LogP contribution in [0.4, 0.5) is 5.69 Å². The van der Waals surface area contributed by atoms with Crippen molar-refractivity contribution < 1.29 is 0 Å². The summed E-state index contributed by atoms with van der Waals surface area (Å²) in [6.07, 6.45) is 2.62. The van der Waals surface area contributed by atoms with Crippen LogP contribution in [0.2, 0.25) is 0 Å². The summed E-state index contributed by atoms with van der Waals surface area (Å²) in [6, 6.07) is 1.60. The zero-order chi connectivity index (χ0) is 11.3. The summed E-state index contributed by atoms with van der Waals surface area (Å²) < 4.78 is 1.49. The van der Waals surface area contributed by atoms with E-state index in [0.717, 1.165) is 18.7 Å². The summed E-state index contributed by atoms with van der Waals surface area (Å²) in [6.45, 7) is 1.55. The number of hydrogen-bond donors (Lipinski definition) is 1. The van der Waals surface area contributed by atoms with E-state index in [9.17, 15) is 4.79 Å². The molecule has 1 N–H and O–H groups in total. The van der Waals surface area contributed by atoms with Gasteiger partial charge in [-0.05, 0) is 20.0 Å². The quantitative estimate of drug-likeness (QED) is 0.691. The Balaban J connectivity index is 2.71. The Kier molecular flexibility index (Phi) is 4.30. The molecule has 0 aromatic carbocycles. The number of anilines is 1. The summed E-state index contributed by atoms with van der Waals surface area (Å²) in [4.78, 5) is 13.5. The van der Waals surface area contributed by atoms with Crippen molar-refractivity contribution in [2.45, 2.75) is 13.0 Å². The Morgan fingerprint density at radius 1 is 1.53 bits per heavy atom. The lowest BCUT2D eigenvalue weighted by Gasteiger charge is -2.12. The van der Waals surface area contributed by atoms with Gasteiger partial charge >= 0.3 is 0 Å². The van der Waals surface area contributed by atoms with E-state index in [2.05, 4.69) is 10.4 Å². The number of nitrogens with one attached hydrogen (secondary N) is 1. The van der Waals surface area contributed by atoms with Crippen LogP contribution in [-0.4, -0.2) is 37.5 Å². The second-order valence-electron chi connectivity index (χ2n) is 3.63. The van der Waals surface area contributed by atoms with Crippen molar-refractivity contribution in [2.75, 3.05) is 32.6 Å². The maximum Gasteiger partial charge on any atom is 0.268 e. The highest BCUT2D eigenvalue weighted by Gasteiger charge is 2.00. The maximum atomic E-state index is 11.6. The average molecular weight is 210 g/mol. The highest BCUT2D eigenvalue weighted by Crippen LogP contribution is 2.03. The van der Waals surface area contributed by atoms with Crippen molar-refractivity contribution in [3.63, 3.8) is 0 Å². The van der Waals surface area contributed by atoms with Gasteiger partial charge in [0.25, 0.3) is 5.56 Å². The number of nitrogens with zero attached hydrogens (tertiary/aromatic N) is 3. The first-order valence-corrected chi connectivity index (χ1v) is 5.04. The molecule has 0 saturated heterocycles. The minimum atomic E-state index is -0.0442. The van der Waals surface area contributed by atoms with Crippen molar-refractivity contribution in [2.24, 2.45) is 0 Å². The maximum absolute atomic E-state index is 11.6. The first-order chi connectivity index (χ1) is 7.15. The highest BCUT2D eigenvalue weighted by atomic mass is 16.1. The van der Waals surface area contributed by atoms with E-state index in [-0.39, 0.29) is 5.56 Å².